The summed E-state index contributed by atoms with van der Waals surface area (Å²) in [5.41, 5.74) is 1.74. The maximum Gasteiger partial charge on any atom is 0.145 e. The van der Waals surface area contributed by atoms with E-state index < -0.39 is 0 Å². The normalized spacial score (nSPS) is 10.2. The summed E-state index contributed by atoms with van der Waals surface area (Å²) in [6, 6.07) is 9.96. The van der Waals surface area contributed by atoms with Crippen LogP contribution in [0, 0.1) is 0 Å². The zero-order valence-electron chi connectivity index (χ0n) is 7.44. The molecule has 0 saturated heterocycles. The van der Waals surface area contributed by atoms with Crippen molar-refractivity contribution in [1.29, 1.82) is 0 Å². The van der Waals surface area contributed by atoms with E-state index >= 15 is 0 Å². The minimum Gasteiger partial charge on any atom is -0.298 e. The van der Waals surface area contributed by atoms with Crippen LogP contribution in [-0.4, -0.2) is 6.29 Å². The number of benzene rings is 1. The van der Waals surface area contributed by atoms with Gasteiger partial charge in [0.05, 0.1) is 0 Å². The molecule has 0 aliphatic rings. The standard InChI is InChI=1S/C12H12O/c1-11(10-13)6-5-9-12-7-3-2-4-8-12/h2-5,7-10H,1,6H2. The summed E-state index contributed by atoms with van der Waals surface area (Å²) in [5.74, 6) is 0. The van der Waals surface area contributed by atoms with Crippen molar-refractivity contribution in [3.05, 3.63) is 54.1 Å². The number of carbonyl (C=O) groups is 1. The fourth-order valence-electron chi connectivity index (χ4n) is 0.959. The second-order valence-electron chi connectivity index (χ2n) is 2.79. The molecule has 0 radical (unpaired) electrons. The number of aldehydes is 1. The molecule has 0 N–H and O–H groups in total. The second kappa shape index (κ2) is 5.09. The Morgan fingerprint density at radius 1 is 1.31 bits per heavy atom. The van der Waals surface area contributed by atoms with Crippen molar-refractivity contribution in [2.24, 2.45) is 0 Å². The molecule has 0 amide bonds. The molecule has 0 saturated carbocycles. The molecule has 1 aromatic carbocycles. The third kappa shape index (κ3) is 3.52. The van der Waals surface area contributed by atoms with Gasteiger partial charge in [-0.2, -0.15) is 0 Å². The summed E-state index contributed by atoms with van der Waals surface area (Å²) in [6.07, 6.45) is 5.33. The summed E-state index contributed by atoms with van der Waals surface area (Å²) in [7, 11) is 0. The van der Waals surface area contributed by atoms with Crippen LogP contribution in [0.4, 0.5) is 0 Å². The van der Waals surface area contributed by atoms with Crippen molar-refractivity contribution in [2.45, 2.75) is 6.42 Å². The van der Waals surface area contributed by atoms with Crippen LogP contribution in [0.5, 0.6) is 0 Å². The van der Waals surface area contributed by atoms with Crippen molar-refractivity contribution < 1.29 is 4.79 Å². The van der Waals surface area contributed by atoms with E-state index in [1.807, 2.05) is 42.5 Å². The topological polar surface area (TPSA) is 17.1 Å². The number of rotatable bonds is 4. The highest BCUT2D eigenvalue weighted by Gasteiger charge is 1.86. The van der Waals surface area contributed by atoms with Crippen LogP contribution < -0.4 is 0 Å². The van der Waals surface area contributed by atoms with Gasteiger partial charge in [0.1, 0.15) is 6.29 Å². The molecule has 0 fully saturated rings. The van der Waals surface area contributed by atoms with Gasteiger partial charge in [0.15, 0.2) is 0 Å². The summed E-state index contributed by atoms with van der Waals surface area (Å²) >= 11 is 0. The first-order chi connectivity index (χ1) is 6.33. The van der Waals surface area contributed by atoms with E-state index in [1.54, 1.807) is 0 Å². The lowest BCUT2D eigenvalue weighted by Gasteiger charge is -1.91. The maximum absolute atomic E-state index is 10.2. The van der Waals surface area contributed by atoms with Crippen LogP contribution in [0.25, 0.3) is 6.08 Å². The van der Waals surface area contributed by atoms with Gasteiger partial charge in [0.2, 0.25) is 0 Å². The lowest BCUT2D eigenvalue weighted by atomic mass is 10.1. The molecule has 66 valence electrons. The molecule has 1 heteroatoms. The fraction of sp³-hybridized carbons (Fsp3) is 0.0833. The van der Waals surface area contributed by atoms with Crippen molar-refractivity contribution in [1.82, 2.24) is 0 Å². The van der Waals surface area contributed by atoms with E-state index in [9.17, 15) is 4.79 Å². The van der Waals surface area contributed by atoms with Gasteiger partial charge in [-0.05, 0) is 17.6 Å². The third-order valence-corrected chi connectivity index (χ3v) is 1.66. The lowest BCUT2D eigenvalue weighted by molar-refractivity contribution is -0.104. The number of hydrogen-bond donors (Lipinski definition) is 0. The average Bonchev–Trinajstić information content (AvgIpc) is 2.19. The van der Waals surface area contributed by atoms with E-state index in [4.69, 9.17) is 0 Å². The van der Waals surface area contributed by atoms with Crippen LogP contribution in [-0.2, 0) is 4.79 Å². The van der Waals surface area contributed by atoms with Gasteiger partial charge in [-0.3, -0.25) is 4.79 Å². The van der Waals surface area contributed by atoms with E-state index in [1.165, 1.54) is 0 Å². The summed E-state index contributed by atoms with van der Waals surface area (Å²) in [6.45, 7) is 3.59. The number of hydrogen-bond acceptors (Lipinski definition) is 1. The molecule has 13 heavy (non-hydrogen) atoms. The van der Waals surface area contributed by atoms with Gasteiger partial charge in [-0.1, -0.05) is 49.1 Å². The zero-order chi connectivity index (χ0) is 9.52. The lowest BCUT2D eigenvalue weighted by Crippen LogP contribution is -1.77. The van der Waals surface area contributed by atoms with E-state index in [2.05, 4.69) is 6.58 Å². The van der Waals surface area contributed by atoms with Crippen molar-refractivity contribution in [3.63, 3.8) is 0 Å². The van der Waals surface area contributed by atoms with Crippen LogP contribution in [0.3, 0.4) is 0 Å². The van der Waals surface area contributed by atoms with Crippen LogP contribution in [0.1, 0.15) is 12.0 Å². The van der Waals surface area contributed by atoms with Gasteiger partial charge >= 0.3 is 0 Å². The highest BCUT2D eigenvalue weighted by Crippen LogP contribution is 2.03. The predicted octanol–water partition coefficient (Wildman–Crippen LogP) is 2.85. The fourth-order valence-corrected chi connectivity index (χ4v) is 0.959. The molecule has 1 aromatic rings. The molecular formula is C12H12O. The molecular weight excluding hydrogens is 160 g/mol. The van der Waals surface area contributed by atoms with Gasteiger partial charge in [-0.25, -0.2) is 0 Å². The molecule has 0 spiro atoms. The highest BCUT2D eigenvalue weighted by molar-refractivity contribution is 5.72. The Kier molecular flexibility index (Phi) is 3.71. The SMILES string of the molecule is C=C(C=O)CC=Cc1ccccc1. The summed E-state index contributed by atoms with van der Waals surface area (Å²) in [5, 5.41) is 0. The Morgan fingerprint density at radius 3 is 2.62 bits per heavy atom. The minimum atomic E-state index is 0.604. The molecule has 1 rings (SSSR count). The Bertz CT molecular complexity index is 309. The molecule has 0 heterocycles. The highest BCUT2D eigenvalue weighted by atomic mass is 16.1. The van der Waals surface area contributed by atoms with Gasteiger partial charge < -0.3 is 0 Å². The Morgan fingerprint density at radius 2 is 2.00 bits per heavy atom. The molecule has 0 atom stereocenters. The average molecular weight is 172 g/mol. The van der Waals surface area contributed by atoms with E-state index in [0.29, 0.717) is 12.0 Å². The first-order valence-electron chi connectivity index (χ1n) is 4.17. The van der Waals surface area contributed by atoms with Gasteiger partial charge in [0.25, 0.3) is 0 Å². The number of carbonyl (C=O) groups excluding carboxylic acids is 1. The second-order valence-corrected chi connectivity index (χ2v) is 2.79. The molecule has 0 bridgehead atoms. The monoisotopic (exact) mass is 172 g/mol. The van der Waals surface area contributed by atoms with E-state index in [0.717, 1.165) is 11.8 Å². The summed E-state index contributed by atoms with van der Waals surface area (Å²) in [4.78, 5) is 10.2. The summed E-state index contributed by atoms with van der Waals surface area (Å²) < 4.78 is 0. The van der Waals surface area contributed by atoms with Crippen molar-refractivity contribution in [2.75, 3.05) is 0 Å². The van der Waals surface area contributed by atoms with Gasteiger partial charge in [0, 0.05) is 0 Å². The quantitative estimate of drug-likeness (QED) is 0.504. The molecule has 0 aliphatic heterocycles. The minimum absolute atomic E-state index is 0.604. The maximum atomic E-state index is 10.2. The smallest absolute Gasteiger partial charge is 0.145 e. The molecule has 0 aromatic heterocycles. The predicted molar refractivity (Wildman–Crippen MR) is 55.3 cm³/mol. The Hall–Kier alpha value is -1.63. The Labute approximate surface area is 78.4 Å². The number of allylic oxidation sites excluding steroid dienone is 2. The first-order valence-corrected chi connectivity index (χ1v) is 4.17. The molecule has 0 unspecified atom stereocenters. The van der Waals surface area contributed by atoms with Gasteiger partial charge in [-0.15, -0.1) is 0 Å². The first kappa shape index (κ1) is 9.46. The van der Waals surface area contributed by atoms with Crippen molar-refractivity contribution in [3.8, 4) is 0 Å². The molecule has 0 aliphatic carbocycles. The van der Waals surface area contributed by atoms with Crippen LogP contribution in [0.2, 0.25) is 0 Å². The largest absolute Gasteiger partial charge is 0.298 e. The zero-order valence-corrected chi connectivity index (χ0v) is 7.44. The van der Waals surface area contributed by atoms with Crippen LogP contribution in [0.15, 0.2) is 48.6 Å². The molecule has 1 nitrogen and oxygen atoms in total. The van der Waals surface area contributed by atoms with Crippen molar-refractivity contribution >= 4 is 12.4 Å². The van der Waals surface area contributed by atoms with Crippen LogP contribution >= 0.6 is 0 Å². The van der Waals surface area contributed by atoms with E-state index in [-0.39, 0.29) is 0 Å². The third-order valence-electron chi connectivity index (χ3n) is 1.66. The Balaban J connectivity index is 2.50.